The van der Waals surface area contributed by atoms with Crippen LogP contribution in [0.5, 0.6) is 0 Å². The molecule has 0 aliphatic carbocycles. The molecule has 0 saturated carbocycles. The summed E-state index contributed by atoms with van der Waals surface area (Å²) in [5.41, 5.74) is 1.46. The summed E-state index contributed by atoms with van der Waals surface area (Å²) in [5, 5.41) is 16.7. The lowest BCUT2D eigenvalue weighted by Crippen LogP contribution is -2.39. The van der Waals surface area contributed by atoms with Crippen LogP contribution in [0.3, 0.4) is 0 Å². The van der Waals surface area contributed by atoms with E-state index in [9.17, 15) is 9.90 Å². The molecule has 6 nitrogen and oxygen atoms in total. The number of hydrogen-bond acceptors (Lipinski definition) is 4. The SMILES string of the molecule is Cn1ccn2ncc(C(=O)N3CCC(C(O)c4cccs4)CC3)c12. The van der Waals surface area contributed by atoms with Gasteiger partial charge < -0.3 is 14.6 Å². The summed E-state index contributed by atoms with van der Waals surface area (Å²) in [6.45, 7) is 1.35. The molecule has 3 aromatic heterocycles. The Bertz CT molecular complexity index is 843. The maximum atomic E-state index is 12.8. The molecule has 4 heterocycles. The first-order chi connectivity index (χ1) is 11.6. The predicted octanol–water partition coefficient (Wildman–Crippen LogP) is 2.32. The molecule has 1 atom stereocenters. The van der Waals surface area contributed by atoms with Crippen molar-refractivity contribution in [1.29, 1.82) is 0 Å². The van der Waals surface area contributed by atoms with Crippen molar-refractivity contribution < 1.29 is 9.90 Å². The Morgan fingerprint density at radius 3 is 2.88 bits per heavy atom. The maximum Gasteiger partial charge on any atom is 0.259 e. The van der Waals surface area contributed by atoms with Gasteiger partial charge in [0.15, 0.2) is 0 Å². The summed E-state index contributed by atoms with van der Waals surface area (Å²) < 4.78 is 3.63. The van der Waals surface area contributed by atoms with Crippen LogP contribution in [0, 0.1) is 5.92 Å². The van der Waals surface area contributed by atoms with Gasteiger partial charge in [-0.25, -0.2) is 4.52 Å². The van der Waals surface area contributed by atoms with Gasteiger partial charge in [-0.05, 0) is 30.2 Å². The van der Waals surface area contributed by atoms with Crippen molar-refractivity contribution >= 4 is 22.9 Å². The zero-order chi connectivity index (χ0) is 16.7. The molecule has 0 aromatic carbocycles. The number of carbonyl (C=O) groups excluding carboxylic acids is 1. The van der Waals surface area contributed by atoms with Crippen molar-refractivity contribution in [3.8, 4) is 0 Å². The molecule has 1 N–H and O–H groups in total. The van der Waals surface area contributed by atoms with Crippen LogP contribution in [0.25, 0.3) is 5.65 Å². The first-order valence-electron chi connectivity index (χ1n) is 8.14. The number of piperidine rings is 1. The number of fused-ring (bicyclic) bond motifs is 1. The lowest BCUT2D eigenvalue weighted by molar-refractivity contribution is 0.0475. The second-order valence-electron chi connectivity index (χ2n) is 6.33. The number of aromatic nitrogens is 3. The average Bonchev–Trinajstić information content (AvgIpc) is 3.33. The molecule has 1 unspecified atom stereocenters. The van der Waals surface area contributed by atoms with Crippen LogP contribution >= 0.6 is 11.3 Å². The topological polar surface area (TPSA) is 62.8 Å². The Hall–Kier alpha value is -2.12. The van der Waals surface area contributed by atoms with E-state index < -0.39 is 6.10 Å². The standard InChI is InChI=1S/C17H20N4O2S/c1-19-8-9-21-16(19)13(11-18-21)17(23)20-6-4-12(5-7-20)15(22)14-3-2-10-24-14/h2-3,8-12,15,22H,4-7H2,1H3. The summed E-state index contributed by atoms with van der Waals surface area (Å²) >= 11 is 1.59. The maximum absolute atomic E-state index is 12.8. The Morgan fingerprint density at radius 1 is 1.38 bits per heavy atom. The number of aliphatic hydroxyl groups excluding tert-OH is 1. The zero-order valence-corrected chi connectivity index (χ0v) is 14.3. The highest BCUT2D eigenvalue weighted by atomic mass is 32.1. The molecule has 1 aliphatic rings. The Morgan fingerprint density at radius 2 is 2.17 bits per heavy atom. The lowest BCUT2D eigenvalue weighted by atomic mass is 9.90. The van der Waals surface area contributed by atoms with Crippen LogP contribution in [-0.2, 0) is 7.05 Å². The summed E-state index contributed by atoms with van der Waals surface area (Å²) in [6.07, 6.45) is 6.60. The van der Waals surface area contributed by atoms with E-state index in [1.807, 2.05) is 46.4 Å². The van der Waals surface area contributed by atoms with Crippen LogP contribution in [0.1, 0.15) is 34.2 Å². The second-order valence-corrected chi connectivity index (χ2v) is 7.30. The van der Waals surface area contributed by atoms with Crippen LogP contribution < -0.4 is 0 Å². The number of hydrogen-bond donors (Lipinski definition) is 1. The minimum Gasteiger partial charge on any atom is -0.387 e. The first-order valence-corrected chi connectivity index (χ1v) is 9.02. The van der Waals surface area contributed by atoms with Gasteiger partial charge in [0.2, 0.25) is 0 Å². The summed E-state index contributed by atoms with van der Waals surface area (Å²) in [4.78, 5) is 15.7. The van der Waals surface area contributed by atoms with Crippen LogP contribution in [0.4, 0.5) is 0 Å². The minimum atomic E-state index is -0.419. The molecule has 0 bridgehead atoms. The number of thiophene rings is 1. The number of amides is 1. The molecular weight excluding hydrogens is 324 g/mol. The van der Waals surface area contributed by atoms with Gasteiger partial charge in [-0.3, -0.25) is 4.79 Å². The third-order valence-corrected chi connectivity index (χ3v) is 5.82. The number of likely N-dealkylation sites (tertiary alicyclic amines) is 1. The van der Waals surface area contributed by atoms with Crippen LogP contribution in [0.15, 0.2) is 36.1 Å². The Labute approximate surface area is 143 Å². The van der Waals surface area contributed by atoms with E-state index in [4.69, 9.17) is 0 Å². The van der Waals surface area contributed by atoms with Crippen LogP contribution in [-0.4, -0.2) is 43.2 Å². The zero-order valence-electron chi connectivity index (χ0n) is 13.5. The van der Waals surface area contributed by atoms with E-state index in [1.54, 1.807) is 22.0 Å². The number of nitrogens with zero attached hydrogens (tertiary/aromatic N) is 4. The van der Waals surface area contributed by atoms with Gasteiger partial charge in [-0.1, -0.05) is 6.07 Å². The van der Waals surface area contributed by atoms with Crippen LogP contribution in [0.2, 0.25) is 0 Å². The van der Waals surface area contributed by atoms with Gasteiger partial charge in [0.25, 0.3) is 5.91 Å². The smallest absolute Gasteiger partial charge is 0.259 e. The average molecular weight is 344 g/mol. The van der Waals surface area contributed by atoms with E-state index in [2.05, 4.69) is 5.10 Å². The molecular formula is C17H20N4O2S. The van der Waals surface area contributed by atoms with Gasteiger partial charge in [-0.15, -0.1) is 11.3 Å². The van der Waals surface area contributed by atoms with Gasteiger partial charge in [0.1, 0.15) is 11.2 Å². The minimum absolute atomic E-state index is 0.0239. The lowest BCUT2D eigenvalue weighted by Gasteiger charge is -2.33. The Balaban J connectivity index is 1.46. The molecule has 126 valence electrons. The molecule has 0 radical (unpaired) electrons. The van der Waals surface area contributed by atoms with Crippen molar-refractivity contribution in [3.63, 3.8) is 0 Å². The largest absolute Gasteiger partial charge is 0.387 e. The molecule has 1 saturated heterocycles. The quantitative estimate of drug-likeness (QED) is 0.793. The van der Waals surface area contributed by atoms with E-state index in [0.29, 0.717) is 18.7 Å². The number of imidazole rings is 1. The normalized spacial score (nSPS) is 17.5. The summed E-state index contributed by atoms with van der Waals surface area (Å²) in [5.74, 6) is 0.241. The van der Waals surface area contributed by atoms with Gasteiger partial charge >= 0.3 is 0 Å². The Kier molecular flexibility index (Phi) is 3.90. The fraction of sp³-hybridized carbons (Fsp3) is 0.412. The van der Waals surface area contributed by atoms with Crippen molar-refractivity contribution in [3.05, 3.63) is 46.5 Å². The predicted molar refractivity (Wildman–Crippen MR) is 92.1 cm³/mol. The first kappa shape index (κ1) is 15.4. The third-order valence-electron chi connectivity index (χ3n) is 4.87. The molecule has 24 heavy (non-hydrogen) atoms. The van der Waals surface area contributed by atoms with Gasteiger partial charge in [0, 0.05) is 37.4 Å². The second kappa shape index (κ2) is 6.07. The van der Waals surface area contributed by atoms with Crippen molar-refractivity contribution in [2.45, 2.75) is 18.9 Å². The number of carbonyl (C=O) groups is 1. The van der Waals surface area contributed by atoms with E-state index >= 15 is 0 Å². The highest BCUT2D eigenvalue weighted by Gasteiger charge is 2.30. The van der Waals surface area contributed by atoms with E-state index in [0.717, 1.165) is 23.4 Å². The summed E-state index contributed by atoms with van der Waals surface area (Å²) in [6, 6.07) is 3.94. The molecule has 7 heteroatoms. The van der Waals surface area contributed by atoms with E-state index in [1.165, 1.54) is 0 Å². The molecule has 1 amide bonds. The van der Waals surface area contributed by atoms with Crippen molar-refractivity contribution in [1.82, 2.24) is 19.1 Å². The fourth-order valence-corrected chi connectivity index (χ4v) is 4.28. The third kappa shape index (κ3) is 2.53. The highest BCUT2D eigenvalue weighted by molar-refractivity contribution is 7.10. The van der Waals surface area contributed by atoms with Crippen molar-refractivity contribution in [2.75, 3.05) is 13.1 Å². The molecule has 1 aliphatic heterocycles. The molecule has 0 spiro atoms. The fourth-order valence-electron chi connectivity index (χ4n) is 3.48. The van der Waals surface area contributed by atoms with Crippen molar-refractivity contribution in [2.24, 2.45) is 13.0 Å². The summed E-state index contributed by atoms with van der Waals surface area (Å²) in [7, 11) is 1.91. The van der Waals surface area contributed by atoms with E-state index in [-0.39, 0.29) is 11.8 Å². The molecule has 4 rings (SSSR count). The van der Waals surface area contributed by atoms with Gasteiger partial charge in [0.05, 0.1) is 12.3 Å². The molecule has 3 aromatic rings. The number of rotatable bonds is 3. The number of aryl methyl sites for hydroxylation is 1. The highest BCUT2D eigenvalue weighted by Crippen LogP contribution is 2.33. The monoisotopic (exact) mass is 344 g/mol. The molecule has 1 fully saturated rings. The van der Waals surface area contributed by atoms with Gasteiger partial charge in [-0.2, -0.15) is 5.10 Å². The number of aliphatic hydroxyl groups is 1.